The van der Waals surface area contributed by atoms with Gasteiger partial charge < -0.3 is 4.57 Å². The third-order valence-corrected chi connectivity index (χ3v) is 9.09. The maximum atomic E-state index is 2.49. The third-order valence-electron chi connectivity index (χ3n) is 8.08. The van der Waals surface area contributed by atoms with Crippen molar-refractivity contribution in [2.75, 3.05) is 6.66 Å². The molecule has 0 N–H and O–H groups in total. The number of fused-ring (bicyclic) bond motifs is 3. The smallest absolute Gasteiger partial charge is 0.0621 e. The summed E-state index contributed by atoms with van der Waals surface area (Å²) in [6, 6.07) is 31.8. The molecule has 0 fully saturated rings. The van der Waals surface area contributed by atoms with Crippen LogP contribution in [0.3, 0.4) is 0 Å². The molecule has 1 heterocycles. The van der Waals surface area contributed by atoms with Crippen molar-refractivity contribution in [2.45, 2.75) is 25.7 Å². The van der Waals surface area contributed by atoms with Gasteiger partial charge in [-0.1, -0.05) is 99.6 Å². The first-order valence-electron chi connectivity index (χ1n) is 14.0. The van der Waals surface area contributed by atoms with E-state index in [4.69, 9.17) is 0 Å². The lowest BCUT2D eigenvalue weighted by Crippen LogP contribution is -2.07. The van der Waals surface area contributed by atoms with Crippen molar-refractivity contribution >= 4 is 46.8 Å². The lowest BCUT2D eigenvalue weighted by Gasteiger charge is -2.16. The van der Waals surface area contributed by atoms with Crippen molar-refractivity contribution in [3.63, 3.8) is 0 Å². The van der Waals surface area contributed by atoms with Crippen LogP contribution in [0.5, 0.6) is 0 Å². The first kappa shape index (κ1) is 24.1. The number of hydrogen-bond acceptors (Lipinski definition) is 0. The lowest BCUT2D eigenvalue weighted by atomic mass is 9.94. The summed E-state index contributed by atoms with van der Waals surface area (Å²) in [6.07, 6.45) is 18.2. The van der Waals surface area contributed by atoms with E-state index in [-0.39, 0.29) is 0 Å². The Hall–Kier alpha value is -3.93. The predicted molar refractivity (Wildman–Crippen MR) is 173 cm³/mol. The Labute approximate surface area is 232 Å². The van der Waals surface area contributed by atoms with Gasteiger partial charge in [0.1, 0.15) is 0 Å². The van der Waals surface area contributed by atoms with Gasteiger partial charge >= 0.3 is 0 Å². The van der Waals surface area contributed by atoms with Gasteiger partial charge in [-0.2, -0.15) is 0 Å². The van der Waals surface area contributed by atoms with Crippen LogP contribution in [0.4, 0.5) is 0 Å². The SMILES string of the molecule is CPc1c(-c2cccc(C3=CC=CCC3)c2)ccc2c3cc(C4=CCCC=C4)ccc3n(-c3ccccc3)c12. The first-order chi connectivity index (χ1) is 19.3. The lowest BCUT2D eigenvalue weighted by molar-refractivity contribution is 1.04. The molecule has 0 amide bonds. The van der Waals surface area contributed by atoms with Crippen LogP contribution in [0.15, 0.2) is 121 Å². The molecule has 1 aromatic heterocycles. The average molecular weight is 522 g/mol. The van der Waals surface area contributed by atoms with Crippen LogP contribution in [-0.4, -0.2) is 11.2 Å². The van der Waals surface area contributed by atoms with Crippen LogP contribution >= 0.6 is 8.58 Å². The summed E-state index contributed by atoms with van der Waals surface area (Å²) < 4.78 is 2.49. The molecule has 0 saturated carbocycles. The summed E-state index contributed by atoms with van der Waals surface area (Å²) in [5, 5.41) is 4.09. The van der Waals surface area contributed by atoms with Crippen LogP contribution in [0.2, 0.25) is 0 Å². The number of para-hydroxylation sites is 1. The second-order valence-electron chi connectivity index (χ2n) is 10.4. The van der Waals surface area contributed by atoms with Gasteiger partial charge in [0.05, 0.1) is 11.0 Å². The Bertz CT molecular complexity index is 1830. The predicted octanol–water partition coefficient (Wildman–Crippen LogP) is 9.85. The molecule has 190 valence electrons. The molecule has 7 rings (SSSR count). The van der Waals surface area contributed by atoms with Crippen LogP contribution < -0.4 is 5.30 Å². The molecule has 0 saturated heterocycles. The van der Waals surface area contributed by atoms with Crippen LogP contribution in [0, 0.1) is 0 Å². The summed E-state index contributed by atoms with van der Waals surface area (Å²) in [7, 11) is 0.670. The van der Waals surface area contributed by atoms with Crippen molar-refractivity contribution in [1.29, 1.82) is 0 Å². The Morgan fingerprint density at radius 3 is 2.41 bits per heavy atom. The summed E-state index contributed by atoms with van der Waals surface area (Å²) in [5.74, 6) is 0. The number of nitrogens with zero attached hydrogens (tertiary/aromatic N) is 1. The molecule has 1 nitrogen and oxygen atoms in total. The summed E-state index contributed by atoms with van der Waals surface area (Å²) >= 11 is 0. The Morgan fingerprint density at radius 2 is 1.62 bits per heavy atom. The van der Waals surface area contributed by atoms with Gasteiger partial charge in [-0.3, -0.25) is 0 Å². The minimum absolute atomic E-state index is 0.670. The van der Waals surface area contributed by atoms with Gasteiger partial charge in [0.25, 0.3) is 0 Å². The van der Waals surface area contributed by atoms with Gasteiger partial charge in [-0.05, 0) is 96.1 Å². The van der Waals surface area contributed by atoms with Crippen LogP contribution in [-0.2, 0) is 0 Å². The molecule has 39 heavy (non-hydrogen) atoms. The fourth-order valence-corrected chi connectivity index (χ4v) is 7.16. The highest BCUT2D eigenvalue weighted by molar-refractivity contribution is 7.47. The van der Waals surface area contributed by atoms with E-state index in [0.717, 1.165) is 25.7 Å². The zero-order chi connectivity index (χ0) is 26.2. The highest BCUT2D eigenvalue weighted by Crippen LogP contribution is 2.38. The molecule has 0 spiro atoms. The molecule has 4 aromatic carbocycles. The summed E-state index contributed by atoms with van der Waals surface area (Å²) in [5.41, 5.74) is 11.9. The molecule has 0 radical (unpaired) electrons. The largest absolute Gasteiger partial charge is 0.309 e. The van der Waals surface area contributed by atoms with E-state index in [1.54, 1.807) is 0 Å². The van der Waals surface area contributed by atoms with Gasteiger partial charge in [0, 0.05) is 21.8 Å². The van der Waals surface area contributed by atoms with Gasteiger partial charge in [0.15, 0.2) is 0 Å². The topological polar surface area (TPSA) is 4.93 Å². The van der Waals surface area contributed by atoms with Crippen molar-refractivity contribution < 1.29 is 0 Å². The molecule has 0 bridgehead atoms. The van der Waals surface area contributed by atoms with E-state index >= 15 is 0 Å². The molecule has 2 heteroatoms. The van der Waals surface area contributed by atoms with Crippen molar-refractivity contribution in [3.8, 4) is 16.8 Å². The van der Waals surface area contributed by atoms with E-state index < -0.39 is 0 Å². The Morgan fingerprint density at radius 1 is 0.718 bits per heavy atom. The monoisotopic (exact) mass is 521 g/mol. The minimum atomic E-state index is 0.670. The Balaban J connectivity index is 1.49. The third kappa shape index (κ3) is 4.32. The van der Waals surface area contributed by atoms with Crippen molar-refractivity contribution in [3.05, 3.63) is 133 Å². The van der Waals surface area contributed by atoms with Gasteiger partial charge in [0.2, 0.25) is 0 Å². The number of allylic oxidation sites excluding steroid dienone is 8. The van der Waals surface area contributed by atoms with Crippen LogP contribution in [0.1, 0.15) is 36.8 Å². The molecule has 0 aliphatic heterocycles. The quantitative estimate of drug-likeness (QED) is 0.203. The molecule has 2 aliphatic carbocycles. The normalized spacial score (nSPS) is 15.4. The second-order valence-corrected chi connectivity index (χ2v) is 11.4. The fourth-order valence-electron chi connectivity index (χ4n) is 6.18. The van der Waals surface area contributed by atoms with E-state index in [1.165, 1.54) is 66.2 Å². The second kappa shape index (κ2) is 10.3. The van der Waals surface area contributed by atoms with Crippen molar-refractivity contribution in [2.24, 2.45) is 0 Å². The molecular formula is C37H32NP. The van der Waals surface area contributed by atoms with Crippen molar-refractivity contribution in [1.82, 2.24) is 4.57 Å². The molecule has 1 unspecified atom stereocenters. The first-order valence-corrected chi connectivity index (χ1v) is 15.5. The number of hydrogen-bond donors (Lipinski definition) is 0. The zero-order valence-corrected chi connectivity index (χ0v) is 23.3. The standard InChI is InChI=1S/C37H32NP/c1-39-37-32(30-17-11-16-28(24-30)26-12-5-2-6-13-26)21-22-33-34-25-29(27-14-7-3-8-15-27)20-23-35(34)38(36(33)37)31-18-9-4-10-19-31/h2,4-5,7,9-12,14-25,39H,3,6,8,13H2,1H3. The molecule has 5 aromatic rings. The van der Waals surface area contributed by atoms with E-state index in [9.17, 15) is 0 Å². The summed E-state index contributed by atoms with van der Waals surface area (Å²) in [4.78, 5) is 0. The average Bonchev–Trinajstić information content (AvgIpc) is 3.36. The molecule has 1 atom stereocenters. The highest BCUT2D eigenvalue weighted by atomic mass is 31.1. The number of benzene rings is 4. The molecule has 2 aliphatic rings. The maximum absolute atomic E-state index is 2.49. The highest BCUT2D eigenvalue weighted by Gasteiger charge is 2.19. The van der Waals surface area contributed by atoms with E-state index in [2.05, 4.69) is 133 Å². The minimum Gasteiger partial charge on any atom is -0.309 e. The van der Waals surface area contributed by atoms with E-state index in [1.807, 2.05) is 0 Å². The fraction of sp³-hybridized carbons (Fsp3) is 0.135. The number of rotatable bonds is 5. The van der Waals surface area contributed by atoms with E-state index in [0.29, 0.717) is 8.58 Å². The van der Waals surface area contributed by atoms with Gasteiger partial charge in [-0.25, -0.2) is 0 Å². The summed E-state index contributed by atoms with van der Waals surface area (Å²) in [6.45, 7) is 2.33. The van der Waals surface area contributed by atoms with Gasteiger partial charge in [-0.15, -0.1) is 0 Å². The maximum Gasteiger partial charge on any atom is 0.0621 e. The zero-order valence-electron chi connectivity index (χ0n) is 22.3. The Kier molecular flexibility index (Phi) is 6.39. The van der Waals surface area contributed by atoms with Crippen LogP contribution in [0.25, 0.3) is 49.8 Å². The number of aromatic nitrogens is 1. The molecular weight excluding hydrogens is 489 g/mol.